The number of hydrogen-bond acceptors (Lipinski definition) is 4. The summed E-state index contributed by atoms with van der Waals surface area (Å²) < 4.78 is 53.1. The Labute approximate surface area is 198 Å². The summed E-state index contributed by atoms with van der Waals surface area (Å²) in [7, 11) is 0. The SMILES string of the molecule is N=C/C(=C\NC1CCC1)c1ccc(NC(=O)C2(c3ccc(C(F)(F)F)cc3F)CC2)cc1C(=O)O. The molecule has 0 radical (unpaired) electrons. The zero-order valence-electron chi connectivity index (χ0n) is 18.5. The van der Waals surface area contributed by atoms with E-state index in [1.807, 2.05) is 0 Å². The predicted octanol–water partition coefficient (Wildman–Crippen LogP) is 5.35. The minimum absolute atomic E-state index is 0.130. The van der Waals surface area contributed by atoms with E-state index in [1.54, 1.807) is 6.20 Å². The lowest BCUT2D eigenvalue weighted by molar-refractivity contribution is -0.137. The molecule has 0 unspecified atom stereocenters. The van der Waals surface area contributed by atoms with Crippen LogP contribution >= 0.6 is 0 Å². The quantitative estimate of drug-likeness (QED) is 0.297. The third kappa shape index (κ3) is 4.91. The molecule has 2 aromatic rings. The number of nitrogens with one attached hydrogen (secondary N) is 3. The first-order valence-electron chi connectivity index (χ1n) is 11.1. The van der Waals surface area contributed by atoms with Crippen molar-refractivity contribution in [2.24, 2.45) is 0 Å². The van der Waals surface area contributed by atoms with Gasteiger partial charge in [-0.3, -0.25) is 4.79 Å². The van der Waals surface area contributed by atoms with Crippen molar-refractivity contribution >= 4 is 29.4 Å². The molecular weight excluding hydrogens is 466 g/mol. The first-order valence-corrected chi connectivity index (χ1v) is 11.1. The van der Waals surface area contributed by atoms with Crippen LogP contribution < -0.4 is 10.6 Å². The molecule has 2 aliphatic rings. The van der Waals surface area contributed by atoms with E-state index in [0.717, 1.165) is 37.6 Å². The Morgan fingerprint density at radius 3 is 2.31 bits per heavy atom. The number of anilines is 1. The Hall–Kier alpha value is -3.69. The van der Waals surface area contributed by atoms with Crippen LogP contribution in [0.15, 0.2) is 42.6 Å². The van der Waals surface area contributed by atoms with E-state index in [1.165, 1.54) is 18.2 Å². The average Bonchev–Trinajstić information content (AvgIpc) is 3.57. The van der Waals surface area contributed by atoms with Gasteiger partial charge in [-0.1, -0.05) is 12.1 Å². The molecule has 0 spiro atoms. The Bertz CT molecular complexity index is 1210. The van der Waals surface area contributed by atoms with Gasteiger partial charge in [0, 0.05) is 35.3 Å². The second-order valence-corrected chi connectivity index (χ2v) is 8.83. The van der Waals surface area contributed by atoms with Crippen LogP contribution in [0.5, 0.6) is 0 Å². The number of carboxylic acid groups (broad SMARTS) is 1. The summed E-state index contributed by atoms with van der Waals surface area (Å²) in [6.07, 6.45) is 1.54. The number of amides is 1. The average molecular weight is 489 g/mol. The second kappa shape index (κ2) is 9.16. The highest BCUT2D eigenvalue weighted by Crippen LogP contribution is 2.50. The van der Waals surface area contributed by atoms with Crippen molar-refractivity contribution in [1.82, 2.24) is 5.32 Å². The number of alkyl halides is 3. The van der Waals surface area contributed by atoms with Gasteiger partial charge in [0.05, 0.1) is 16.5 Å². The molecule has 2 aromatic carbocycles. The molecule has 2 aliphatic carbocycles. The Kier molecular flexibility index (Phi) is 6.40. The maximum Gasteiger partial charge on any atom is 0.416 e. The fourth-order valence-electron chi connectivity index (χ4n) is 4.10. The number of aromatic carboxylic acids is 1. The number of carboxylic acids is 1. The van der Waals surface area contributed by atoms with Gasteiger partial charge >= 0.3 is 12.1 Å². The van der Waals surface area contributed by atoms with Crippen LogP contribution in [0.25, 0.3) is 5.57 Å². The van der Waals surface area contributed by atoms with E-state index in [9.17, 15) is 32.3 Å². The first kappa shape index (κ1) is 24.4. The predicted molar refractivity (Wildman–Crippen MR) is 122 cm³/mol. The minimum atomic E-state index is -4.70. The van der Waals surface area contributed by atoms with Crippen molar-refractivity contribution in [2.45, 2.75) is 49.7 Å². The number of halogens is 4. The van der Waals surface area contributed by atoms with Crippen molar-refractivity contribution in [3.8, 4) is 0 Å². The van der Waals surface area contributed by atoms with Crippen molar-refractivity contribution in [1.29, 1.82) is 5.41 Å². The van der Waals surface area contributed by atoms with Crippen LogP contribution in [-0.2, 0) is 16.4 Å². The number of rotatable bonds is 8. The lowest BCUT2D eigenvalue weighted by Crippen LogP contribution is -2.31. The number of carbonyl (C=O) groups excluding carboxylic acids is 1. The van der Waals surface area contributed by atoms with E-state index in [4.69, 9.17) is 5.41 Å². The van der Waals surface area contributed by atoms with E-state index in [2.05, 4.69) is 10.6 Å². The van der Waals surface area contributed by atoms with Crippen molar-refractivity contribution in [3.63, 3.8) is 0 Å². The number of benzene rings is 2. The third-order valence-corrected chi connectivity index (χ3v) is 6.55. The lowest BCUT2D eigenvalue weighted by atomic mass is 9.92. The summed E-state index contributed by atoms with van der Waals surface area (Å²) in [4.78, 5) is 24.9. The molecule has 2 saturated carbocycles. The third-order valence-electron chi connectivity index (χ3n) is 6.55. The van der Waals surface area contributed by atoms with Crippen LogP contribution in [0.3, 0.4) is 0 Å². The largest absolute Gasteiger partial charge is 0.478 e. The van der Waals surface area contributed by atoms with Gasteiger partial charge in [0.15, 0.2) is 0 Å². The summed E-state index contributed by atoms with van der Waals surface area (Å²) in [5.41, 5.74) is -1.94. The fourth-order valence-corrected chi connectivity index (χ4v) is 4.10. The minimum Gasteiger partial charge on any atom is -0.478 e. The molecule has 6 nitrogen and oxygen atoms in total. The van der Waals surface area contributed by atoms with Gasteiger partial charge in [-0.05, 0) is 61.9 Å². The molecule has 4 N–H and O–H groups in total. The Morgan fingerprint density at radius 2 is 1.80 bits per heavy atom. The maximum atomic E-state index is 14.5. The van der Waals surface area contributed by atoms with Crippen molar-refractivity contribution in [3.05, 3.63) is 70.7 Å². The van der Waals surface area contributed by atoms with E-state index >= 15 is 0 Å². The van der Waals surface area contributed by atoms with Crippen LogP contribution in [0.4, 0.5) is 23.2 Å². The zero-order chi connectivity index (χ0) is 25.4. The summed E-state index contributed by atoms with van der Waals surface area (Å²) in [5, 5.41) is 23.1. The highest BCUT2D eigenvalue weighted by molar-refractivity contribution is 6.12. The summed E-state index contributed by atoms with van der Waals surface area (Å²) >= 11 is 0. The molecule has 0 saturated heterocycles. The molecule has 4 rings (SSSR count). The van der Waals surface area contributed by atoms with Crippen LogP contribution in [0, 0.1) is 11.2 Å². The van der Waals surface area contributed by atoms with Crippen LogP contribution in [-0.4, -0.2) is 29.2 Å². The summed E-state index contributed by atoms with van der Waals surface area (Å²) in [6.45, 7) is 0. The van der Waals surface area contributed by atoms with Gasteiger partial charge in [0.1, 0.15) is 5.82 Å². The second-order valence-electron chi connectivity index (χ2n) is 8.83. The molecule has 0 aliphatic heterocycles. The smallest absolute Gasteiger partial charge is 0.416 e. The Morgan fingerprint density at radius 1 is 1.09 bits per heavy atom. The van der Waals surface area contributed by atoms with Gasteiger partial charge in [-0.15, -0.1) is 0 Å². The maximum absolute atomic E-state index is 14.5. The normalized spacial score (nSPS) is 17.3. The van der Waals surface area contributed by atoms with E-state index < -0.39 is 34.8 Å². The number of allylic oxidation sites excluding steroid dienone is 1. The molecule has 0 atom stereocenters. The molecule has 2 fully saturated rings. The number of carbonyl (C=O) groups is 2. The molecular formula is C25H23F4N3O3. The highest BCUT2D eigenvalue weighted by Gasteiger charge is 2.53. The highest BCUT2D eigenvalue weighted by atomic mass is 19.4. The van der Waals surface area contributed by atoms with Crippen molar-refractivity contribution in [2.75, 3.05) is 5.32 Å². The van der Waals surface area contributed by atoms with Crippen LogP contribution in [0.1, 0.15) is 59.2 Å². The molecule has 35 heavy (non-hydrogen) atoms. The topological polar surface area (TPSA) is 102 Å². The van der Waals surface area contributed by atoms with Crippen LogP contribution in [0.2, 0.25) is 0 Å². The van der Waals surface area contributed by atoms with Gasteiger partial charge in [0.2, 0.25) is 5.91 Å². The molecule has 184 valence electrons. The van der Waals surface area contributed by atoms with E-state index in [-0.39, 0.29) is 41.3 Å². The van der Waals surface area contributed by atoms with Gasteiger partial charge in [-0.2, -0.15) is 13.2 Å². The monoisotopic (exact) mass is 489 g/mol. The van der Waals surface area contributed by atoms with Gasteiger partial charge in [0.25, 0.3) is 0 Å². The Balaban J connectivity index is 1.57. The zero-order valence-corrected chi connectivity index (χ0v) is 18.5. The molecule has 0 heterocycles. The molecule has 1 amide bonds. The standard InChI is InChI=1S/C25H23F4N3O3/c26-21-10-15(25(27,28)29)4-7-20(21)24(8-9-24)23(35)32-17-5-6-18(19(11-17)22(33)34)14(12-30)13-31-16-2-1-3-16/h4-7,10-13,16,30-31H,1-3,8-9H2,(H,32,35)(H,33,34)/b14-13+,30-12?. The van der Waals surface area contributed by atoms with Crippen molar-refractivity contribution < 1.29 is 32.3 Å². The molecule has 10 heteroatoms. The summed E-state index contributed by atoms with van der Waals surface area (Å²) in [5.74, 6) is -3.01. The first-order chi connectivity index (χ1) is 16.5. The summed E-state index contributed by atoms with van der Waals surface area (Å²) in [6, 6.07) is 6.57. The lowest BCUT2D eigenvalue weighted by Gasteiger charge is -2.26. The fraction of sp³-hybridized carbons (Fsp3) is 0.320. The van der Waals surface area contributed by atoms with E-state index in [0.29, 0.717) is 11.6 Å². The number of hydrogen-bond donors (Lipinski definition) is 4. The molecule has 0 bridgehead atoms. The van der Waals surface area contributed by atoms with Gasteiger partial charge in [-0.25, -0.2) is 9.18 Å². The molecule has 0 aromatic heterocycles. The van der Waals surface area contributed by atoms with Gasteiger partial charge < -0.3 is 21.1 Å².